The predicted octanol–water partition coefficient (Wildman–Crippen LogP) is 1.68. The van der Waals surface area contributed by atoms with Crippen LogP contribution < -0.4 is 5.32 Å². The topological polar surface area (TPSA) is 61.7 Å². The fourth-order valence-corrected chi connectivity index (χ4v) is 1.27. The number of nitrogens with zero attached hydrogens (tertiary/aromatic N) is 1. The molecule has 0 aliphatic heterocycles. The van der Waals surface area contributed by atoms with E-state index in [1.165, 1.54) is 0 Å². The summed E-state index contributed by atoms with van der Waals surface area (Å²) in [5.74, 6) is 0. The third kappa shape index (κ3) is 11.5. The number of hydrogen-bond acceptors (Lipinski definition) is 4. The number of aliphatic hydroxyl groups excluding tert-OH is 1. The molecule has 4 nitrogen and oxygen atoms in total. The van der Waals surface area contributed by atoms with Crippen LogP contribution in [-0.2, 0) is 0 Å². The van der Waals surface area contributed by atoms with Gasteiger partial charge >= 0.3 is 0 Å². The van der Waals surface area contributed by atoms with Crippen LogP contribution in [-0.4, -0.2) is 31.3 Å². The van der Waals surface area contributed by atoms with Gasteiger partial charge in [-0.3, -0.25) is 0 Å². The highest BCUT2D eigenvalue weighted by Gasteiger charge is 1.90. The van der Waals surface area contributed by atoms with Gasteiger partial charge in [-0.2, -0.15) is 4.91 Å². The molecule has 0 aliphatic rings. The van der Waals surface area contributed by atoms with Crippen molar-refractivity contribution in [1.82, 2.24) is 5.32 Å². The second kappa shape index (κ2) is 12.5. The summed E-state index contributed by atoms with van der Waals surface area (Å²) in [5.41, 5.74) is 0. The molecule has 0 saturated carbocycles. The van der Waals surface area contributed by atoms with Crippen LogP contribution in [0.3, 0.4) is 0 Å². The fourth-order valence-electron chi connectivity index (χ4n) is 1.27. The van der Waals surface area contributed by atoms with Crippen LogP contribution in [0.1, 0.15) is 38.5 Å². The first-order valence-corrected chi connectivity index (χ1v) is 5.52. The average molecular weight is 202 g/mol. The van der Waals surface area contributed by atoms with E-state index in [9.17, 15) is 4.91 Å². The molecule has 0 amide bonds. The molecular weight excluding hydrogens is 180 g/mol. The quantitative estimate of drug-likeness (QED) is 0.396. The lowest BCUT2D eigenvalue weighted by Crippen LogP contribution is -2.16. The lowest BCUT2D eigenvalue weighted by atomic mass is 10.2. The number of rotatable bonds is 11. The van der Waals surface area contributed by atoms with Gasteiger partial charge < -0.3 is 10.4 Å². The Morgan fingerprint density at radius 2 is 1.57 bits per heavy atom. The van der Waals surface area contributed by atoms with E-state index in [1.807, 2.05) is 0 Å². The molecule has 0 atom stereocenters. The lowest BCUT2D eigenvalue weighted by Gasteiger charge is -2.03. The zero-order valence-corrected chi connectivity index (χ0v) is 8.87. The summed E-state index contributed by atoms with van der Waals surface area (Å²) < 4.78 is 0. The van der Waals surface area contributed by atoms with Gasteiger partial charge in [0.2, 0.25) is 0 Å². The number of hydrogen-bond donors (Lipinski definition) is 2. The summed E-state index contributed by atoms with van der Waals surface area (Å²) in [5, 5.41) is 14.7. The molecule has 0 aromatic rings. The van der Waals surface area contributed by atoms with Crippen molar-refractivity contribution >= 4 is 0 Å². The van der Waals surface area contributed by atoms with E-state index >= 15 is 0 Å². The summed E-state index contributed by atoms with van der Waals surface area (Å²) in [6.07, 6.45) is 6.25. The van der Waals surface area contributed by atoms with Crippen molar-refractivity contribution in [2.75, 3.05) is 26.2 Å². The monoisotopic (exact) mass is 202 g/mol. The molecule has 4 heteroatoms. The van der Waals surface area contributed by atoms with Crippen LogP contribution in [0.25, 0.3) is 0 Å². The lowest BCUT2D eigenvalue weighted by molar-refractivity contribution is 0.283. The van der Waals surface area contributed by atoms with E-state index in [0.29, 0.717) is 13.2 Å². The minimum atomic E-state index is 0.304. The van der Waals surface area contributed by atoms with Crippen LogP contribution in [0.5, 0.6) is 0 Å². The third-order valence-corrected chi connectivity index (χ3v) is 2.11. The maximum atomic E-state index is 9.75. The Morgan fingerprint density at radius 1 is 0.929 bits per heavy atom. The molecule has 0 heterocycles. The smallest absolute Gasteiger partial charge is 0.0811 e. The molecule has 14 heavy (non-hydrogen) atoms. The standard InChI is InChI=1S/C10H22N2O2/c13-10-6-2-4-8-11-7-3-1-5-9-12-14/h11,13H,1-10H2. The van der Waals surface area contributed by atoms with Gasteiger partial charge in [0, 0.05) is 6.61 Å². The van der Waals surface area contributed by atoms with Gasteiger partial charge in [0.1, 0.15) is 0 Å². The van der Waals surface area contributed by atoms with Crippen molar-refractivity contribution in [1.29, 1.82) is 0 Å². The summed E-state index contributed by atoms with van der Waals surface area (Å²) >= 11 is 0. The normalized spacial score (nSPS) is 10.4. The molecule has 0 bridgehead atoms. The number of nitroso groups, excluding NO2 is 1. The highest BCUT2D eigenvalue weighted by atomic mass is 16.3. The van der Waals surface area contributed by atoms with Gasteiger partial charge in [0.25, 0.3) is 0 Å². The second-order valence-electron chi connectivity index (χ2n) is 3.45. The first-order valence-electron chi connectivity index (χ1n) is 5.52. The Balaban J connectivity index is 2.81. The minimum absolute atomic E-state index is 0.304. The largest absolute Gasteiger partial charge is 0.396 e. The van der Waals surface area contributed by atoms with Crippen molar-refractivity contribution in [3.05, 3.63) is 4.91 Å². The van der Waals surface area contributed by atoms with Crippen molar-refractivity contribution in [2.24, 2.45) is 5.18 Å². The summed E-state index contributed by atoms with van der Waals surface area (Å²) in [6, 6.07) is 0. The predicted molar refractivity (Wildman–Crippen MR) is 58.3 cm³/mol. The van der Waals surface area contributed by atoms with Gasteiger partial charge in [-0.15, -0.1) is 0 Å². The van der Waals surface area contributed by atoms with Crippen LogP contribution in [0, 0.1) is 4.91 Å². The van der Waals surface area contributed by atoms with Gasteiger partial charge in [0.05, 0.1) is 6.54 Å². The van der Waals surface area contributed by atoms with Gasteiger partial charge in [-0.25, -0.2) is 0 Å². The zero-order valence-electron chi connectivity index (χ0n) is 8.87. The Hall–Kier alpha value is -0.480. The Labute approximate surface area is 86.1 Å². The maximum absolute atomic E-state index is 9.75. The number of nitrogens with one attached hydrogen (secondary N) is 1. The molecule has 84 valence electrons. The molecule has 0 saturated heterocycles. The fraction of sp³-hybridized carbons (Fsp3) is 1.00. The van der Waals surface area contributed by atoms with E-state index in [4.69, 9.17) is 5.11 Å². The summed E-state index contributed by atoms with van der Waals surface area (Å²) in [4.78, 5) is 9.75. The molecule has 0 aromatic carbocycles. The van der Waals surface area contributed by atoms with Crippen molar-refractivity contribution in [3.8, 4) is 0 Å². The van der Waals surface area contributed by atoms with Crippen LogP contribution in [0.15, 0.2) is 5.18 Å². The van der Waals surface area contributed by atoms with Crippen LogP contribution >= 0.6 is 0 Å². The molecular formula is C10H22N2O2. The molecule has 0 aromatic heterocycles. The number of unbranched alkanes of at least 4 members (excludes halogenated alkanes) is 4. The molecule has 0 fully saturated rings. The second-order valence-corrected chi connectivity index (χ2v) is 3.45. The van der Waals surface area contributed by atoms with E-state index in [0.717, 1.165) is 51.6 Å². The molecule has 0 rings (SSSR count). The third-order valence-electron chi connectivity index (χ3n) is 2.11. The Kier molecular flexibility index (Phi) is 12.1. The van der Waals surface area contributed by atoms with E-state index < -0.39 is 0 Å². The van der Waals surface area contributed by atoms with Crippen molar-refractivity contribution in [3.63, 3.8) is 0 Å². The Bertz CT molecular complexity index is 121. The highest BCUT2D eigenvalue weighted by molar-refractivity contribution is 4.51. The van der Waals surface area contributed by atoms with E-state index in [2.05, 4.69) is 10.5 Å². The SMILES string of the molecule is O=NCCCCCNCCCCCO. The first kappa shape index (κ1) is 13.5. The van der Waals surface area contributed by atoms with Gasteiger partial charge in [0.15, 0.2) is 0 Å². The van der Waals surface area contributed by atoms with Gasteiger partial charge in [-0.1, -0.05) is 11.6 Å². The molecule has 0 unspecified atom stereocenters. The van der Waals surface area contributed by atoms with Crippen LogP contribution in [0.4, 0.5) is 0 Å². The molecule has 0 spiro atoms. The van der Waals surface area contributed by atoms with Crippen molar-refractivity contribution < 1.29 is 5.11 Å². The van der Waals surface area contributed by atoms with Crippen LogP contribution in [0.2, 0.25) is 0 Å². The first-order chi connectivity index (χ1) is 6.91. The number of aliphatic hydroxyl groups is 1. The molecule has 0 aliphatic carbocycles. The van der Waals surface area contributed by atoms with Gasteiger partial charge in [-0.05, 0) is 45.2 Å². The zero-order chi connectivity index (χ0) is 10.5. The highest BCUT2D eigenvalue weighted by Crippen LogP contribution is 1.95. The van der Waals surface area contributed by atoms with Crippen molar-refractivity contribution in [2.45, 2.75) is 38.5 Å². The minimum Gasteiger partial charge on any atom is -0.396 e. The van der Waals surface area contributed by atoms with E-state index in [1.54, 1.807) is 0 Å². The summed E-state index contributed by atoms with van der Waals surface area (Å²) in [7, 11) is 0. The van der Waals surface area contributed by atoms with E-state index in [-0.39, 0.29) is 0 Å². The molecule has 2 N–H and O–H groups in total. The molecule has 0 radical (unpaired) electrons. The summed E-state index contributed by atoms with van der Waals surface area (Å²) in [6.45, 7) is 2.82. The maximum Gasteiger partial charge on any atom is 0.0811 e. The Morgan fingerprint density at radius 3 is 2.14 bits per heavy atom. The average Bonchev–Trinajstić information content (AvgIpc) is 2.21.